The van der Waals surface area contributed by atoms with Crippen LogP contribution in [0.15, 0.2) is 18.2 Å². The average Bonchev–Trinajstić information content (AvgIpc) is 3.03. The Morgan fingerprint density at radius 3 is 2.84 bits per heavy atom. The van der Waals surface area contributed by atoms with Crippen molar-refractivity contribution >= 4 is 34.9 Å². The Bertz CT molecular complexity index is 686. The fourth-order valence-electron chi connectivity index (χ4n) is 3.21. The van der Waals surface area contributed by atoms with E-state index in [0.717, 1.165) is 33.4 Å². The van der Waals surface area contributed by atoms with Gasteiger partial charge in [0.05, 0.1) is 17.1 Å². The highest BCUT2D eigenvalue weighted by Crippen LogP contribution is 2.35. The summed E-state index contributed by atoms with van der Waals surface area (Å²) in [5, 5.41) is 0.771. The van der Waals surface area contributed by atoms with Gasteiger partial charge in [0.25, 0.3) is 0 Å². The number of benzene rings is 1. The molecular weight excluding hydrogens is 278 g/mol. The first-order chi connectivity index (χ1) is 9.22. The first kappa shape index (κ1) is 11.9. The van der Waals surface area contributed by atoms with Gasteiger partial charge in [0.1, 0.15) is 0 Å². The Morgan fingerprint density at radius 1 is 1.21 bits per heavy atom. The number of hydrogen-bond donors (Lipinski definition) is 1. The Labute approximate surface area is 122 Å². The molecule has 1 unspecified atom stereocenters. The van der Waals surface area contributed by atoms with Crippen molar-refractivity contribution in [3.63, 3.8) is 0 Å². The molecule has 2 fully saturated rings. The highest BCUT2D eigenvalue weighted by Gasteiger charge is 2.35. The number of H-pyrrole nitrogens is 1. The zero-order valence-electron chi connectivity index (χ0n) is 10.6. The van der Waals surface area contributed by atoms with Crippen molar-refractivity contribution < 1.29 is 0 Å². The fraction of sp³-hybridized carbons (Fsp3) is 0.500. The van der Waals surface area contributed by atoms with Crippen LogP contribution in [-0.2, 0) is 0 Å². The van der Waals surface area contributed by atoms with Crippen molar-refractivity contribution in [2.24, 2.45) is 0 Å². The third-order valence-electron chi connectivity index (χ3n) is 4.30. The summed E-state index contributed by atoms with van der Waals surface area (Å²) in [5.74, 6) is 0. The maximum absolute atomic E-state index is 6.12. The number of nitrogens with zero attached hydrogens (tertiary/aromatic N) is 2. The van der Waals surface area contributed by atoms with E-state index in [1.54, 1.807) is 0 Å². The summed E-state index contributed by atoms with van der Waals surface area (Å²) in [6, 6.07) is 7.26. The molecule has 0 bridgehead atoms. The summed E-state index contributed by atoms with van der Waals surface area (Å²) < 4.78 is 3.08. The molecule has 1 aliphatic carbocycles. The van der Waals surface area contributed by atoms with E-state index in [2.05, 4.69) is 14.5 Å². The van der Waals surface area contributed by atoms with Crippen LogP contribution < -0.4 is 0 Å². The normalized spacial score (nSPS) is 24.4. The molecule has 5 heteroatoms. The molecule has 2 aliphatic rings. The largest absolute Gasteiger partial charge is 0.331 e. The van der Waals surface area contributed by atoms with E-state index < -0.39 is 0 Å². The zero-order chi connectivity index (χ0) is 13.0. The smallest absolute Gasteiger partial charge is 0.178 e. The molecule has 1 aromatic heterocycles. The predicted molar refractivity (Wildman–Crippen MR) is 80.4 cm³/mol. The molecule has 100 valence electrons. The first-order valence-electron chi connectivity index (χ1n) is 6.86. The Hall–Kier alpha value is -0.840. The van der Waals surface area contributed by atoms with Gasteiger partial charge in [0.2, 0.25) is 0 Å². The van der Waals surface area contributed by atoms with E-state index in [0.29, 0.717) is 6.04 Å². The van der Waals surface area contributed by atoms with E-state index in [1.807, 2.05) is 18.2 Å². The van der Waals surface area contributed by atoms with E-state index in [-0.39, 0.29) is 0 Å². The lowest BCUT2D eigenvalue weighted by molar-refractivity contribution is 0.314. The van der Waals surface area contributed by atoms with Crippen LogP contribution in [0.3, 0.4) is 0 Å². The summed E-state index contributed by atoms with van der Waals surface area (Å²) in [7, 11) is 0. The van der Waals surface area contributed by atoms with Gasteiger partial charge < -0.3 is 9.55 Å². The minimum Gasteiger partial charge on any atom is -0.331 e. The van der Waals surface area contributed by atoms with Gasteiger partial charge in [-0.3, -0.25) is 4.90 Å². The van der Waals surface area contributed by atoms with Crippen molar-refractivity contribution in [2.75, 3.05) is 13.1 Å². The monoisotopic (exact) mass is 293 g/mol. The molecular formula is C14H16ClN3S. The Kier molecular flexibility index (Phi) is 2.72. The first-order valence-corrected chi connectivity index (χ1v) is 7.65. The lowest BCUT2D eigenvalue weighted by atomic mass is 10.2. The van der Waals surface area contributed by atoms with Crippen LogP contribution in [0.4, 0.5) is 0 Å². The molecule has 1 N–H and O–H groups in total. The van der Waals surface area contributed by atoms with Crippen LogP contribution in [0.25, 0.3) is 11.0 Å². The SMILES string of the molecule is S=c1[nH]c2ccc(Cl)cc2n1C1CCN(C2CC2)C1. The number of hydrogen-bond acceptors (Lipinski definition) is 2. The van der Waals surface area contributed by atoms with Crippen molar-refractivity contribution in [1.82, 2.24) is 14.5 Å². The van der Waals surface area contributed by atoms with Crippen molar-refractivity contribution in [2.45, 2.75) is 31.3 Å². The summed E-state index contributed by atoms with van der Waals surface area (Å²) >= 11 is 11.6. The Morgan fingerprint density at radius 2 is 2.05 bits per heavy atom. The fourth-order valence-corrected chi connectivity index (χ4v) is 3.73. The molecule has 2 aromatic rings. The number of rotatable bonds is 2. The van der Waals surface area contributed by atoms with Gasteiger partial charge in [-0.25, -0.2) is 0 Å². The summed E-state index contributed by atoms with van der Waals surface area (Å²) in [6.45, 7) is 2.32. The zero-order valence-corrected chi connectivity index (χ0v) is 12.2. The standard InChI is InChI=1S/C14H16ClN3S/c15-9-1-4-12-13(7-9)18(14(19)16-12)11-5-6-17(8-11)10-2-3-10/h1,4,7,10-11H,2-3,5-6,8H2,(H,16,19). The van der Waals surface area contributed by atoms with Gasteiger partial charge in [0, 0.05) is 24.2 Å². The number of fused-ring (bicyclic) bond motifs is 1. The Balaban J connectivity index is 1.75. The van der Waals surface area contributed by atoms with Gasteiger partial charge in [-0.2, -0.15) is 0 Å². The van der Waals surface area contributed by atoms with Gasteiger partial charge in [-0.05, 0) is 49.7 Å². The molecule has 1 saturated carbocycles. The molecule has 0 radical (unpaired) electrons. The second kappa shape index (κ2) is 4.33. The average molecular weight is 294 g/mol. The van der Waals surface area contributed by atoms with Gasteiger partial charge in [-0.15, -0.1) is 0 Å². The molecule has 4 rings (SSSR count). The number of halogens is 1. The van der Waals surface area contributed by atoms with Gasteiger partial charge in [0.15, 0.2) is 4.77 Å². The van der Waals surface area contributed by atoms with Crippen molar-refractivity contribution in [3.05, 3.63) is 28.0 Å². The lowest BCUT2D eigenvalue weighted by Gasteiger charge is -2.16. The molecule has 1 aromatic carbocycles. The molecule has 1 aliphatic heterocycles. The van der Waals surface area contributed by atoms with Crippen molar-refractivity contribution in [1.29, 1.82) is 0 Å². The molecule has 0 amide bonds. The van der Waals surface area contributed by atoms with Crippen LogP contribution in [0, 0.1) is 4.77 Å². The maximum Gasteiger partial charge on any atom is 0.178 e. The summed E-state index contributed by atoms with van der Waals surface area (Å²) in [6.07, 6.45) is 3.93. The highest BCUT2D eigenvalue weighted by atomic mass is 35.5. The van der Waals surface area contributed by atoms with Crippen LogP contribution in [-0.4, -0.2) is 33.6 Å². The molecule has 2 heterocycles. The van der Waals surface area contributed by atoms with Crippen LogP contribution in [0.2, 0.25) is 5.02 Å². The van der Waals surface area contributed by atoms with E-state index >= 15 is 0 Å². The topological polar surface area (TPSA) is 24.0 Å². The van der Waals surface area contributed by atoms with Crippen LogP contribution in [0.5, 0.6) is 0 Å². The second-order valence-corrected chi connectivity index (χ2v) is 6.45. The molecule has 0 spiro atoms. The summed E-state index contributed by atoms with van der Waals surface area (Å²) in [5.41, 5.74) is 2.22. The number of nitrogens with one attached hydrogen (secondary N) is 1. The van der Waals surface area contributed by atoms with Crippen LogP contribution in [0.1, 0.15) is 25.3 Å². The van der Waals surface area contributed by atoms with Crippen molar-refractivity contribution in [3.8, 4) is 0 Å². The number of aromatic nitrogens is 2. The van der Waals surface area contributed by atoms with E-state index in [9.17, 15) is 0 Å². The molecule has 19 heavy (non-hydrogen) atoms. The van der Waals surface area contributed by atoms with Gasteiger partial charge in [-0.1, -0.05) is 11.6 Å². The third kappa shape index (κ3) is 2.02. The highest BCUT2D eigenvalue weighted by molar-refractivity contribution is 7.71. The van der Waals surface area contributed by atoms with E-state index in [1.165, 1.54) is 25.8 Å². The maximum atomic E-state index is 6.12. The minimum absolute atomic E-state index is 0.486. The quantitative estimate of drug-likeness (QED) is 0.853. The second-order valence-electron chi connectivity index (χ2n) is 5.63. The predicted octanol–water partition coefficient (Wildman–Crippen LogP) is 3.76. The van der Waals surface area contributed by atoms with E-state index in [4.69, 9.17) is 23.8 Å². The molecule has 3 nitrogen and oxygen atoms in total. The number of imidazole rings is 1. The number of aromatic amines is 1. The molecule has 1 atom stereocenters. The third-order valence-corrected chi connectivity index (χ3v) is 4.84. The van der Waals surface area contributed by atoms with Crippen LogP contribution >= 0.6 is 23.8 Å². The lowest BCUT2D eigenvalue weighted by Crippen LogP contribution is -2.23. The summed E-state index contributed by atoms with van der Waals surface area (Å²) in [4.78, 5) is 5.90. The minimum atomic E-state index is 0.486. The molecule has 1 saturated heterocycles. The number of likely N-dealkylation sites (tertiary alicyclic amines) is 1. The van der Waals surface area contributed by atoms with Gasteiger partial charge >= 0.3 is 0 Å².